The summed E-state index contributed by atoms with van der Waals surface area (Å²) in [6, 6.07) is 17.8. The third-order valence-electron chi connectivity index (χ3n) is 8.19. The fraction of sp³-hybridized carbons (Fsp3) is 0.156. The number of nitrogens with zero attached hydrogens (tertiary/aromatic N) is 2. The van der Waals surface area contributed by atoms with Crippen molar-refractivity contribution in [2.24, 2.45) is 5.92 Å². The topological polar surface area (TPSA) is 82.5 Å². The molecule has 6 rings (SSSR count). The number of hydrazine groups is 1. The number of anilines is 1. The number of allylic oxidation sites excluding steroid dienone is 3. The molecule has 1 fully saturated rings. The monoisotopic (exact) mass is 623 g/mol. The molecular formula is C32H22Cl2F3N3O3. The highest BCUT2D eigenvalue weighted by molar-refractivity contribution is 6.33. The third-order valence-corrected chi connectivity index (χ3v) is 8.73. The van der Waals surface area contributed by atoms with Gasteiger partial charge in [0, 0.05) is 22.5 Å². The van der Waals surface area contributed by atoms with Crippen molar-refractivity contribution >= 4 is 51.6 Å². The van der Waals surface area contributed by atoms with E-state index in [0.717, 1.165) is 5.01 Å². The molecule has 218 valence electrons. The van der Waals surface area contributed by atoms with E-state index in [-0.39, 0.29) is 18.0 Å². The van der Waals surface area contributed by atoms with Crippen LogP contribution in [0, 0.1) is 5.92 Å². The molecule has 2 heterocycles. The van der Waals surface area contributed by atoms with Crippen LogP contribution in [0.3, 0.4) is 0 Å². The number of phenolic OH excluding ortho intramolecular Hbond substituents is 1. The lowest BCUT2D eigenvalue weighted by atomic mass is 9.55. The molecule has 3 aromatic carbocycles. The van der Waals surface area contributed by atoms with E-state index in [1.54, 1.807) is 54.6 Å². The number of aromatic nitrogens is 1. The SMILES string of the molecule is C=CC1=CC[C@H]2C(=O)N(Nc3ncc(C(F)(F)F)cc3Cl)C(=O)[C@@]2(c2ccc(Cl)cc2)[C@H]1c1ccc(O)c2ccccc12. The van der Waals surface area contributed by atoms with Gasteiger partial charge in [0.15, 0.2) is 5.82 Å². The summed E-state index contributed by atoms with van der Waals surface area (Å²) in [7, 11) is 0. The van der Waals surface area contributed by atoms with Crippen LogP contribution in [0.5, 0.6) is 5.75 Å². The Balaban J connectivity index is 1.57. The van der Waals surface area contributed by atoms with Gasteiger partial charge >= 0.3 is 6.18 Å². The Morgan fingerprint density at radius 1 is 1.05 bits per heavy atom. The van der Waals surface area contributed by atoms with E-state index in [1.807, 2.05) is 18.2 Å². The zero-order valence-electron chi connectivity index (χ0n) is 22.2. The fourth-order valence-corrected chi connectivity index (χ4v) is 6.65. The van der Waals surface area contributed by atoms with Crippen molar-refractivity contribution in [3.8, 4) is 5.75 Å². The van der Waals surface area contributed by atoms with Crippen LogP contribution < -0.4 is 5.43 Å². The summed E-state index contributed by atoms with van der Waals surface area (Å²) in [5.74, 6) is -3.18. The lowest BCUT2D eigenvalue weighted by Gasteiger charge is -2.43. The summed E-state index contributed by atoms with van der Waals surface area (Å²) in [4.78, 5) is 32.7. The Morgan fingerprint density at radius 2 is 1.74 bits per heavy atom. The number of imide groups is 1. The van der Waals surface area contributed by atoms with Crippen LogP contribution in [-0.4, -0.2) is 26.9 Å². The maximum atomic E-state index is 14.8. The first-order chi connectivity index (χ1) is 20.5. The molecule has 2 N–H and O–H groups in total. The normalized spacial score (nSPS) is 22.0. The number of fused-ring (bicyclic) bond motifs is 2. The first kappa shape index (κ1) is 28.8. The molecule has 0 bridgehead atoms. The third kappa shape index (κ3) is 4.46. The minimum atomic E-state index is -4.69. The Bertz CT molecular complexity index is 1840. The first-order valence-corrected chi connectivity index (χ1v) is 13.9. The summed E-state index contributed by atoms with van der Waals surface area (Å²) in [6.45, 7) is 4.00. The van der Waals surface area contributed by atoms with Crippen molar-refractivity contribution in [1.29, 1.82) is 0 Å². The van der Waals surface area contributed by atoms with E-state index in [4.69, 9.17) is 23.2 Å². The Hall–Kier alpha value is -4.34. The van der Waals surface area contributed by atoms with Gasteiger partial charge in [0.05, 0.1) is 21.9 Å². The van der Waals surface area contributed by atoms with E-state index >= 15 is 0 Å². The second-order valence-electron chi connectivity index (χ2n) is 10.4. The number of nitrogens with one attached hydrogen (secondary N) is 1. The predicted molar refractivity (Wildman–Crippen MR) is 158 cm³/mol. The van der Waals surface area contributed by atoms with Gasteiger partial charge in [-0.2, -0.15) is 18.2 Å². The number of alkyl halides is 3. The molecule has 0 saturated carbocycles. The molecular weight excluding hydrogens is 602 g/mol. The van der Waals surface area contributed by atoms with Crippen LogP contribution in [0.2, 0.25) is 10.0 Å². The fourth-order valence-electron chi connectivity index (χ4n) is 6.32. The Labute approximate surface area is 254 Å². The van der Waals surface area contributed by atoms with Crippen molar-refractivity contribution in [3.63, 3.8) is 0 Å². The molecule has 3 atom stereocenters. The number of benzene rings is 3. The number of aromatic hydroxyl groups is 1. The number of carbonyl (C=O) groups is 2. The van der Waals surface area contributed by atoms with Crippen LogP contribution in [0.25, 0.3) is 10.8 Å². The Morgan fingerprint density at radius 3 is 2.40 bits per heavy atom. The number of amides is 2. The smallest absolute Gasteiger partial charge is 0.417 e. The highest BCUT2D eigenvalue weighted by Gasteiger charge is 2.66. The molecule has 1 aromatic heterocycles. The van der Waals surface area contributed by atoms with Crippen molar-refractivity contribution < 1.29 is 27.9 Å². The molecule has 11 heteroatoms. The summed E-state index contributed by atoms with van der Waals surface area (Å²) in [5, 5.41) is 12.7. The summed E-state index contributed by atoms with van der Waals surface area (Å²) in [6.07, 6.45) is -0.440. The van der Waals surface area contributed by atoms with E-state index in [9.17, 15) is 27.9 Å². The van der Waals surface area contributed by atoms with Gasteiger partial charge in [-0.05, 0) is 52.8 Å². The quantitative estimate of drug-likeness (QED) is 0.222. The zero-order chi connectivity index (χ0) is 30.7. The van der Waals surface area contributed by atoms with Gasteiger partial charge in [0.2, 0.25) is 0 Å². The number of pyridine rings is 1. The average Bonchev–Trinajstić information content (AvgIpc) is 3.20. The average molecular weight is 624 g/mol. The minimum absolute atomic E-state index is 0.0523. The van der Waals surface area contributed by atoms with E-state index < -0.39 is 45.8 Å². The molecule has 1 aliphatic carbocycles. The number of halogens is 5. The van der Waals surface area contributed by atoms with Crippen LogP contribution in [0.4, 0.5) is 19.0 Å². The largest absolute Gasteiger partial charge is 0.507 e. The van der Waals surface area contributed by atoms with Gasteiger partial charge < -0.3 is 5.11 Å². The van der Waals surface area contributed by atoms with Crippen molar-refractivity contribution in [2.75, 3.05) is 5.43 Å². The number of hydrogen-bond donors (Lipinski definition) is 2. The Kier molecular flexibility index (Phi) is 6.98. The van der Waals surface area contributed by atoms with Crippen LogP contribution in [0.15, 0.2) is 97.2 Å². The van der Waals surface area contributed by atoms with Crippen molar-refractivity contribution in [2.45, 2.75) is 23.9 Å². The van der Waals surface area contributed by atoms with Crippen LogP contribution >= 0.6 is 23.2 Å². The van der Waals surface area contributed by atoms with Gasteiger partial charge in [-0.1, -0.05) is 84.4 Å². The van der Waals surface area contributed by atoms with Gasteiger partial charge in [-0.3, -0.25) is 15.0 Å². The number of rotatable bonds is 5. The summed E-state index contributed by atoms with van der Waals surface area (Å²) in [5.41, 5.74) is 1.87. The molecule has 2 aliphatic rings. The molecule has 1 saturated heterocycles. The van der Waals surface area contributed by atoms with Gasteiger partial charge in [0.25, 0.3) is 11.8 Å². The lowest BCUT2D eigenvalue weighted by molar-refractivity contribution is -0.139. The van der Waals surface area contributed by atoms with Gasteiger partial charge in [0.1, 0.15) is 5.75 Å². The maximum Gasteiger partial charge on any atom is 0.417 e. The van der Waals surface area contributed by atoms with E-state index in [0.29, 0.717) is 44.8 Å². The molecule has 2 amide bonds. The lowest BCUT2D eigenvalue weighted by Crippen LogP contribution is -2.48. The molecule has 0 radical (unpaired) electrons. The number of carbonyl (C=O) groups excluding carboxylic acids is 2. The zero-order valence-corrected chi connectivity index (χ0v) is 23.7. The predicted octanol–water partition coefficient (Wildman–Crippen LogP) is 7.82. The highest BCUT2D eigenvalue weighted by atomic mass is 35.5. The second-order valence-corrected chi connectivity index (χ2v) is 11.2. The van der Waals surface area contributed by atoms with E-state index in [1.165, 1.54) is 0 Å². The number of hydrogen-bond acceptors (Lipinski definition) is 5. The van der Waals surface area contributed by atoms with Crippen LogP contribution in [0.1, 0.15) is 29.0 Å². The molecule has 6 nitrogen and oxygen atoms in total. The standard InChI is InChI=1S/C32H22Cl2F3N3O3/c1-2-17-7-13-24-29(42)40(39-28-25(34)15-19(16-38-28)32(35,36)37)30(43)31(24,18-8-10-20(33)11-9-18)27(17)23-12-14-26(41)22-6-4-3-5-21(22)23/h2-12,14-16,24,27,41H,1,13H2,(H,38,39)/t24-,27+,31+/m0/s1. The molecule has 4 aromatic rings. The van der Waals surface area contributed by atoms with Crippen LogP contribution in [-0.2, 0) is 21.2 Å². The highest BCUT2D eigenvalue weighted by Crippen LogP contribution is 2.58. The molecule has 0 unspecified atom stereocenters. The molecule has 43 heavy (non-hydrogen) atoms. The maximum absolute atomic E-state index is 14.8. The summed E-state index contributed by atoms with van der Waals surface area (Å²) < 4.78 is 39.7. The molecule has 0 spiro atoms. The van der Waals surface area contributed by atoms with E-state index in [2.05, 4.69) is 17.0 Å². The minimum Gasteiger partial charge on any atom is -0.507 e. The number of phenols is 1. The first-order valence-electron chi connectivity index (χ1n) is 13.2. The van der Waals surface area contributed by atoms with Crippen molar-refractivity contribution in [3.05, 3.63) is 124 Å². The molecule has 1 aliphatic heterocycles. The van der Waals surface area contributed by atoms with Crippen molar-refractivity contribution in [1.82, 2.24) is 9.99 Å². The summed E-state index contributed by atoms with van der Waals surface area (Å²) >= 11 is 12.4. The van der Waals surface area contributed by atoms with Gasteiger partial charge in [-0.25, -0.2) is 4.98 Å². The van der Waals surface area contributed by atoms with Gasteiger partial charge in [-0.15, -0.1) is 0 Å². The second kappa shape index (κ2) is 10.4.